The van der Waals surface area contributed by atoms with E-state index in [0.717, 1.165) is 12.8 Å². The zero-order valence-electron chi connectivity index (χ0n) is 16.1. The van der Waals surface area contributed by atoms with Gasteiger partial charge in [-0.25, -0.2) is 4.79 Å². The molecule has 1 fully saturated rings. The number of hydrogen-bond donors (Lipinski definition) is 3. The summed E-state index contributed by atoms with van der Waals surface area (Å²) >= 11 is 1.67. The summed E-state index contributed by atoms with van der Waals surface area (Å²) in [7, 11) is 3.99. The van der Waals surface area contributed by atoms with Crippen LogP contribution in [0, 0.1) is 0 Å². The van der Waals surface area contributed by atoms with Crippen LogP contribution in [0.1, 0.15) is 23.8 Å². The summed E-state index contributed by atoms with van der Waals surface area (Å²) in [4.78, 5) is 27.6. The first-order chi connectivity index (χ1) is 13.5. The quantitative estimate of drug-likeness (QED) is 0.664. The number of urea groups is 1. The van der Waals surface area contributed by atoms with Crippen LogP contribution in [0.5, 0.6) is 0 Å². The van der Waals surface area contributed by atoms with Gasteiger partial charge >= 0.3 is 6.03 Å². The fourth-order valence-corrected chi connectivity index (χ4v) is 3.95. The van der Waals surface area contributed by atoms with Crippen LogP contribution in [0.15, 0.2) is 41.8 Å². The van der Waals surface area contributed by atoms with E-state index in [1.807, 2.05) is 25.5 Å². The number of carbonyl (C=O) groups excluding carboxylic acids is 2. The van der Waals surface area contributed by atoms with E-state index in [9.17, 15) is 9.59 Å². The molecular formula is C20H26N4O3S. The van der Waals surface area contributed by atoms with E-state index in [2.05, 4.69) is 26.9 Å². The average Bonchev–Trinajstić information content (AvgIpc) is 3.37. The number of nitrogens with zero attached hydrogens (tertiary/aromatic N) is 1. The maximum absolute atomic E-state index is 12.2. The highest BCUT2D eigenvalue weighted by molar-refractivity contribution is 7.10. The van der Waals surface area contributed by atoms with Crippen molar-refractivity contribution in [3.05, 3.63) is 46.7 Å². The third-order valence-electron chi connectivity index (χ3n) is 4.58. The highest BCUT2D eigenvalue weighted by Gasteiger charge is 2.23. The van der Waals surface area contributed by atoms with Gasteiger partial charge in [0, 0.05) is 29.4 Å². The number of likely N-dealkylation sites (N-methyl/N-ethyl adjacent to an activating group) is 1. The number of amides is 3. The molecule has 0 spiro atoms. The second-order valence-corrected chi connectivity index (χ2v) is 7.88. The first kappa shape index (κ1) is 20.3. The zero-order valence-corrected chi connectivity index (χ0v) is 16.9. The molecular weight excluding hydrogens is 376 g/mol. The summed E-state index contributed by atoms with van der Waals surface area (Å²) in [5, 5.41) is 10.6. The van der Waals surface area contributed by atoms with Gasteiger partial charge in [-0.2, -0.15) is 0 Å². The van der Waals surface area contributed by atoms with Crippen LogP contribution < -0.4 is 16.0 Å². The molecule has 8 heteroatoms. The number of thiophene rings is 1. The van der Waals surface area contributed by atoms with Gasteiger partial charge in [-0.1, -0.05) is 6.07 Å². The maximum Gasteiger partial charge on any atom is 0.319 e. The third kappa shape index (κ3) is 5.54. The molecule has 3 amide bonds. The molecule has 3 N–H and O–H groups in total. The molecule has 3 rings (SSSR count). The number of hydrogen-bond acceptors (Lipinski definition) is 5. The van der Waals surface area contributed by atoms with E-state index in [-0.39, 0.29) is 24.1 Å². The normalized spacial score (nSPS) is 17.3. The Balaban J connectivity index is 1.48. The number of nitrogens with one attached hydrogen (secondary N) is 3. The molecule has 2 aromatic rings. The standard InChI is InChI=1S/C20H26N4O3S/c1-24(2)16(18-6-4-12-28-18)13-21-20(26)23-15-9-7-14(8-10-15)22-19(25)17-5-3-11-27-17/h4,6-10,12,16-17H,3,5,11,13H2,1-2H3,(H,22,25)(H2,21,23,26)/t16-,17-/m1/s1. The molecule has 1 aromatic heterocycles. The fourth-order valence-electron chi connectivity index (χ4n) is 3.03. The monoisotopic (exact) mass is 402 g/mol. The van der Waals surface area contributed by atoms with Crippen molar-refractivity contribution in [1.82, 2.24) is 10.2 Å². The van der Waals surface area contributed by atoms with Gasteiger partial charge in [0.1, 0.15) is 6.10 Å². The van der Waals surface area contributed by atoms with Crippen molar-refractivity contribution in [2.75, 3.05) is 37.9 Å². The van der Waals surface area contributed by atoms with E-state index in [1.54, 1.807) is 35.6 Å². The van der Waals surface area contributed by atoms with Gasteiger partial charge in [-0.3, -0.25) is 4.79 Å². The highest BCUT2D eigenvalue weighted by Crippen LogP contribution is 2.22. The maximum atomic E-state index is 12.2. The summed E-state index contributed by atoms with van der Waals surface area (Å²) in [6.45, 7) is 1.14. The van der Waals surface area contributed by atoms with E-state index in [4.69, 9.17) is 4.74 Å². The smallest absolute Gasteiger partial charge is 0.319 e. The first-order valence-electron chi connectivity index (χ1n) is 9.30. The SMILES string of the molecule is CN(C)[C@H](CNC(=O)Nc1ccc(NC(=O)[C@H]2CCCO2)cc1)c1cccs1. The van der Waals surface area contributed by atoms with Crippen LogP contribution in [0.2, 0.25) is 0 Å². The zero-order chi connectivity index (χ0) is 19.9. The molecule has 1 aliphatic heterocycles. The summed E-state index contributed by atoms with van der Waals surface area (Å²) < 4.78 is 5.37. The van der Waals surface area contributed by atoms with Crippen LogP contribution >= 0.6 is 11.3 Å². The average molecular weight is 403 g/mol. The molecule has 2 heterocycles. The van der Waals surface area contributed by atoms with Crippen molar-refractivity contribution >= 4 is 34.6 Å². The molecule has 0 saturated carbocycles. The Labute approximate surface area is 169 Å². The molecule has 7 nitrogen and oxygen atoms in total. The largest absolute Gasteiger partial charge is 0.368 e. The molecule has 1 aliphatic rings. The highest BCUT2D eigenvalue weighted by atomic mass is 32.1. The Hall–Kier alpha value is -2.42. The molecule has 0 radical (unpaired) electrons. The Morgan fingerprint density at radius 1 is 1.18 bits per heavy atom. The lowest BCUT2D eigenvalue weighted by Crippen LogP contribution is -2.36. The minimum absolute atomic E-state index is 0.126. The van der Waals surface area contributed by atoms with Gasteiger partial charge in [0.15, 0.2) is 0 Å². The van der Waals surface area contributed by atoms with Crippen molar-refractivity contribution in [3.8, 4) is 0 Å². The summed E-state index contributed by atoms with van der Waals surface area (Å²) in [5.41, 5.74) is 1.34. The van der Waals surface area contributed by atoms with Crippen molar-refractivity contribution in [2.45, 2.75) is 25.0 Å². The Morgan fingerprint density at radius 3 is 2.46 bits per heavy atom. The molecule has 1 saturated heterocycles. The predicted octanol–water partition coefficient (Wildman–Crippen LogP) is 3.29. The van der Waals surface area contributed by atoms with Gasteiger partial charge < -0.3 is 25.6 Å². The summed E-state index contributed by atoms with van der Waals surface area (Å²) in [6.07, 6.45) is 1.30. The van der Waals surface area contributed by atoms with Crippen LogP contribution in [0.4, 0.5) is 16.2 Å². The molecule has 0 bridgehead atoms. The van der Waals surface area contributed by atoms with Gasteiger partial charge in [0.25, 0.3) is 5.91 Å². The van der Waals surface area contributed by atoms with E-state index in [0.29, 0.717) is 24.5 Å². The minimum Gasteiger partial charge on any atom is -0.368 e. The van der Waals surface area contributed by atoms with Gasteiger partial charge in [-0.05, 0) is 62.6 Å². The van der Waals surface area contributed by atoms with Gasteiger partial charge in [0.05, 0.1) is 6.04 Å². The Bertz CT molecular complexity index is 771. The Morgan fingerprint density at radius 2 is 1.89 bits per heavy atom. The summed E-state index contributed by atoms with van der Waals surface area (Å²) in [5.74, 6) is -0.126. The predicted molar refractivity (Wildman–Crippen MR) is 112 cm³/mol. The van der Waals surface area contributed by atoms with Crippen molar-refractivity contribution in [2.24, 2.45) is 0 Å². The second kappa shape index (κ2) is 9.68. The van der Waals surface area contributed by atoms with E-state index >= 15 is 0 Å². The number of rotatable bonds is 7. The number of anilines is 2. The van der Waals surface area contributed by atoms with Gasteiger partial charge in [-0.15, -0.1) is 11.3 Å². The van der Waals surface area contributed by atoms with Crippen LogP contribution in [-0.2, 0) is 9.53 Å². The molecule has 0 unspecified atom stereocenters. The van der Waals surface area contributed by atoms with Crippen LogP contribution in [0.3, 0.4) is 0 Å². The Kier molecular flexibility index (Phi) is 7.02. The lowest BCUT2D eigenvalue weighted by Gasteiger charge is -2.23. The lowest BCUT2D eigenvalue weighted by molar-refractivity contribution is -0.124. The van der Waals surface area contributed by atoms with E-state index < -0.39 is 0 Å². The van der Waals surface area contributed by atoms with Gasteiger partial charge in [0.2, 0.25) is 0 Å². The number of ether oxygens (including phenoxy) is 1. The minimum atomic E-state index is -0.364. The second-order valence-electron chi connectivity index (χ2n) is 6.90. The van der Waals surface area contributed by atoms with Crippen LogP contribution in [0.25, 0.3) is 0 Å². The molecule has 28 heavy (non-hydrogen) atoms. The number of benzene rings is 1. The molecule has 2 atom stereocenters. The van der Waals surface area contributed by atoms with Crippen molar-refractivity contribution in [3.63, 3.8) is 0 Å². The van der Waals surface area contributed by atoms with Crippen molar-refractivity contribution < 1.29 is 14.3 Å². The van der Waals surface area contributed by atoms with Crippen molar-refractivity contribution in [1.29, 1.82) is 0 Å². The third-order valence-corrected chi connectivity index (χ3v) is 5.56. The fraction of sp³-hybridized carbons (Fsp3) is 0.400. The summed E-state index contributed by atoms with van der Waals surface area (Å²) in [6, 6.07) is 11.0. The lowest BCUT2D eigenvalue weighted by atomic mass is 10.2. The topological polar surface area (TPSA) is 82.7 Å². The van der Waals surface area contributed by atoms with E-state index in [1.165, 1.54) is 4.88 Å². The number of carbonyl (C=O) groups is 2. The first-order valence-corrected chi connectivity index (χ1v) is 10.2. The molecule has 1 aromatic carbocycles. The van der Waals surface area contributed by atoms with Crippen LogP contribution in [-0.4, -0.2) is 50.2 Å². The molecule has 0 aliphatic carbocycles. The molecule has 150 valence electrons.